The molecule has 1 aromatic carbocycles. The third kappa shape index (κ3) is 5.27. The molecular formula is C25H24N6O4S. The molecule has 0 aliphatic heterocycles. The second-order valence-electron chi connectivity index (χ2n) is 7.28. The van der Waals surface area contributed by atoms with E-state index in [2.05, 4.69) is 21.4 Å². The summed E-state index contributed by atoms with van der Waals surface area (Å²) < 4.78 is 16.3. The molecule has 2 aromatic heterocycles. The molecule has 3 N–H and O–H groups in total. The first-order chi connectivity index (χ1) is 17.4. The maximum atomic E-state index is 12.9. The Hall–Kier alpha value is -4.48. The number of ether oxygens (including phenoxy) is 3. The summed E-state index contributed by atoms with van der Waals surface area (Å²) in [7, 11) is 4.40. The van der Waals surface area contributed by atoms with Crippen LogP contribution in [0, 0.1) is 22.7 Å². The third-order valence-electron chi connectivity index (χ3n) is 5.20. The van der Waals surface area contributed by atoms with Crippen molar-refractivity contribution in [2.75, 3.05) is 32.4 Å². The number of nitrogen functional groups attached to an aromatic ring is 1. The van der Waals surface area contributed by atoms with Crippen molar-refractivity contribution < 1.29 is 19.0 Å². The highest BCUT2D eigenvalue weighted by Crippen LogP contribution is 2.44. The molecule has 2 heterocycles. The van der Waals surface area contributed by atoms with Crippen molar-refractivity contribution in [3.05, 3.63) is 47.7 Å². The number of amides is 1. The lowest BCUT2D eigenvalue weighted by Crippen LogP contribution is -2.25. The molecule has 1 amide bonds. The Balaban J connectivity index is 2.14. The highest BCUT2D eigenvalue weighted by molar-refractivity contribution is 8.00. The molecule has 1 unspecified atom stereocenters. The lowest BCUT2D eigenvalue weighted by Gasteiger charge is -2.19. The van der Waals surface area contributed by atoms with E-state index in [-0.39, 0.29) is 33.4 Å². The largest absolute Gasteiger partial charge is 0.493 e. The van der Waals surface area contributed by atoms with Gasteiger partial charge in [0, 0.05) is 11.8 Å². The van der Waals surface area contributed by atoms with Crippen molar-refractivity contribution in [1.82, 2.24) is 9.97 Å². The number of nitrogens with one attached hydrogen (secondary N) is 1. The molecule has 0 radical (unpaired) electrons. The van der Waals surface area contributed by atoms with Crippen LogP contribution in [0.5, 0.6) is 17.2 Å². The number of carbonyl (C=O) groups is 1. The van der Waals surface area contributed by atoms with E-state index < -0.39 is 5.25 Å². The van der Waals surface area contributed by atoms with E-state index in [0.717, 1.165) is 11.8 Å². The van der Waals surface area contributed by atoms with Crippen LogP contribution in [-0.2, 0) is 4.79 Å². The number of anilines is 2. The van der Waals surface area contributed by atoms with Gasteiger partial charge in [0.1, 0.15) is 34.4 Å². The summed E-state index contributed by atoms with van der Waals surface area (Å²) in [6.07, 6.45) is 2.01. The van der Waals surface area contributed by atoms with E-state index in [4.69, 9.17) is 19.9 Å². The second-order valence-corrected chi connectivity index (χ2v) is 8.48. The fourth-order valence-corrected chi connectivity index (χ4v) is 4.52. The Bertz CT molecular complexity index is 1330. The summed E-state index contributed by atoms with van der Waals surface area (Å²) >= 11 is 1.09. The van der Waals surface area contributed by atoms with E-state index in [0.29, 0.717) is 35.1 Å². The van der Waals surface area contributed by atoms with Gasteiger partial charge < -0.3 is 25.3 Å². The summed E-state index contributed by atoms with van der Waals surface area (Å²) in [5, 5.41) is 22.4. The predicted molar refractivity (Wildman–Crippen MR) is 136 cm³/mol. The summed E-state index contributed by atoms with van der Waals surface area (Å²) in [5.74, 6) is 1.07. The van der Waals surface area contributed by atoms with Crippen molar-refractivity contribution in [1.29, 1.82) is 10.5 Å². The van der Waals surface area contributed by atoms with Gasteiger partial charge in [0.2, 0.25) is 11.7 Å². The van der Waals surface area contributed by atoms with Gasteiger partial charge in [0.25, 0.3) is 0 Å². The van der Waals surface area contributed by atoms with Crippen LogP contribution in [0.25, 0.3) is 11.1 Å². The Morgan fingerprint density at radius 3 is 2.28 bits per heavy atom. The van der Waals surface area contributed by atoms with Crippen LogP contribution in [0.2, 0.25) is 0 Å². The molecule has 0 spiro atoms. The minimum absolute atomic E-state index is 0.0242. The number of hydrogen-bond donors (Lipinski definition) is 2. The first kappa shape index (κ1) is 26.1. The Kier molecular flexibility index (Phi) is 8.55. The number of carbonyl (C=O) groups excluding carboxylic acids is 1. The quantitative estimate of drug-likeness (QED) is 0.408. The minimum Gasteiger partial charge on any atom is -0.493 e. The summed E-state index contributed by atoms with van der Waals surface area (Å²) in [6, 6.07) is 12.6. The van der Waals surface area contributed by atoms with Crippen LogP contribution in [0.15, 0.2) is 41.6 Å². The molecule has 10 nitrogen and oxygen atoms in total. The van der Waals surface area contributed by atoms with E-state index >= 15 is 0 Å². The van der Waals surface area contributed by atoms with Crippen LogP contribution in [0.1, 0.15) is 24.5 Å². The first-order valence-corrected chi connectivity index (χ1v) is 11.6. The molecule has 36 heavy (non-hydrogen) atoms. The van der Waals surface area contributed by atoms with Crippen molar-refractivity contribution in [2.24, 2.45) is 0 Å². The zero-order valence-corrected chi connectivity index (χ0v) is 21.0. The number of nitrogens with zero attached hydrogens (tertiary/aromatic N) is 4. The molecule has 0 saturated heterocycles. The van der Waals surface area contributed by atoms with Crippen molar-refractivity contribution in [3.63, 3.8) is 0 Å². The van der Waals surface area contributed by atoms with Gasteiger partial charge in [-0.25, -0.2) is 9.97 Å². The second kappa shape index (κ2) is 11.8. The van der Waals surface area contributed by atoms with E-state index in [1.807, 2.05) is 13.0 Å². The Labute approximate surface area is 213 Å². The Morgan fingerprint density at radius 1 is 1.11 bits per heavy atom. The highest BCUT2D eigenvalue weighted by Gasteiger charge is 2.27. The lowest BCUT2D eigenvalue weighted by atomic mass is 9.96. The molecule has 3 rings (SSSR count). The fraction of sp³-hybridized carbons (Fsp3) is 0.240. The molecule has 0 fully saturated rings. The highest BCUT2D eigenvalue weighted by atomic mass is 32.2. The van der Waals surface area contributed by atoms with E-state index in [1.54, 1.807) is 36.5 Å². The average Bonchev–Trinajstić information content (AvgIpc) is 2.90. The van der Waals surface area contributed by atoms with Gasteiger partial charge in [-0.3, -0.25) is 4.79 Å². The lowest BCUT2D eigenvalue weighted by molar-refractivity contribution is -0.115. The molecule has 1 atom stereocenters. The van der Waals surface area contributed by atoms with Gasteiger partial charge in [-0.05, 0) is 36.2 Å². The molecule has 0 aliphatic rings. The average molecular weight is 505 g/mol. The normalized spacial score (nSPS) is 11.1. The van der Waals surface area contributed by atoms with Gasteiger partial charge in [-0.1, -0.05) is 24.8 Å². The van der Waals surface area contributed by atoms with Gasteiger partial charge in [0.05, 0.1) is 32.1 Å². The van der Waals surface area contributed by atoms with Gasteiger partial charge in [0.15, 0.2) is 11.5 Å². The van der Waals surface area contributed by atoms with Crippen molar-refractivity contribution in [2.45, 2.75) is 23.6 Å². The van der Waals surface area contributed by atoms with Crippen LogP contribution in [-0.4, -0.2) is 42.5 Å². The van der Waals surface area contributed by atoms with Crippen LogP contribution in [0.3, 0.4) is 0 Å². The topological polar surface area (TPSA) is 156 Å². The van der Waals surface area contributed by atoms with Crippen molar-refractivity contribution in [3.8, 4) is 40.5 Å². The maximum absolute atomic E-state index is 12.9. The number of hydrogen-bond acceptors (Lipinski definition) is 10. The molecule has 0 bridgehead atoms. The van der Waals surface area contributed by atoms with Crippen molar-refractivity contribution >= 4 is 29.3 Å². The molecule has 11 heteroatoms. The molecule has 3 aromatic rings. The van der Waals surface area contributed by atoms with Crippen LogP contribution >= 0.6 is 11.8 Å². The van der Waals surface area contributed by atoms with Gasteiger partial charge in [-0.15, -0.1) is 0 Å². The molecule has 0 saturated carbocycles. The number of nitrogens with two attached hydrogens (primary N) is 1. The number of methoxy groups -OCH3 is 3. The summed E-state index contributed by atoms with van der Waals surface area (Å²) in [6.45, 7) is 1.84. The number of pyridine rings is 2. The van der Waals surface area contributed by atoms with E-state index in [9.17, 15) is 15.3 Å². The third-order valence-corrected chi connectivity index (χ3v) is 6.55. The molecular weight excluding hydrogens is 480 g/mol. The number of benzene rings is 1. The number of thioether (sulfide) groups is 1. The zero-order chi connectivity index (χ0) is 26.2. The van der Waals surface area contributed by atoms with Crippen LogP contribution in [0.4, 0.5) is 11.6 Å². The van der Waals surface area contributed by atoms with Crippen LogP contribution < -0.4 is 25.3 Å². The standard InChI is InChI=1S/C25H24N6O4S/c1-5-19(24(32)30-20-8-6-7-9-29-20)36-25-16(13-27)21(15(12-26)23(28)31-25)14-10-17(33-2)22(35-4)18(11-14)34-3/h6-11,19H,5H2,1-4H3,(H2,28,31)(H,29,30,32). The van der Waals surface area contributed by atoms with E-state index in [1.165, 1.54) is 21.3 Å². The zero-order valence-electron chi connectivity index (χ0n) is 20.2. The molecule has 0 aliphatic carbocycles. The number of nitriles is 2. The minimum atomic E-state index is -0.605. The SMILES string of the molecule is CCC(Sc1nc(N)c(C#N)c(-c2cc(OC)c(OC)c(OC)c2)c1C#N)C(=O)Nc1ccccn1. The monoisotopic (exact) mass is 504 g/mol. The fourth-order valence-electron chi connectivity index (χ4n) is 3.50. The summed E-state index contributed by atoms with van der Waals surface area (Å²) in [4.78, 5) is 21.4. The number of aromatic nitrogens is 2. The molecule has 184 valence electrons. The first-order valence-electron chi connectivity index (χ1n) is 10.7. The summed E-state index contributed by atoms with van der Waals surface area (Å²) in [5.41, 5.74) is 6.98. The Morgan fingerprint density at radius 2 is 1.78 bits per heavy atom. The van der Waals surface area contributed by atoms with Gasteiger partial charge >= 0.3 is 0 Å². The van der Waals surface area contributed by atoms with Gasteiger partial charge in [-0.2, -0.15) is 10.5 Å². The number of rotatable bonds is 9. The maximum Gasteiger partial charge on any atom is 0.239 e. The smallest absolute Gasteiger partial charge is 0.239 e. The predicted octanol–water partition coefficient (Wildman–Crippen LogP) is 4.00.